The monoisotopic (exact) mass is 322 g/mol. The summed E-state index contributed by atoms with van der Waals surface area (Å²) in [6, 6.07) is 11.6. The van der Waals surface area contributed by atoms with Gasteiger partial charge in [-0.2, -0.15) is 0 Å². The molecule has 0 aliphatic carbocycles. The molecule has 0 atom stereocenters. The van der Waals surface area contributed by atoms with Crippen molar-refractivity contribution in [1.29, 1.82) is 0 Å². The fourth-order valence-corrected chi connectivity index (χ4v) is 1.94. The summed E-state index contributed by atoms with van der Waals surface area (Å²) in [5.74, 6) is 0.752. The first-order valence-electron chi connectivity index (χ1n) is 4.80. The Hall–Kier alpha value is -1.43. The number of hydrogen-bond donors (Lipinski definition) is 0. The second-order valence-electron chi connectivity index (χ2n) is 3.35. The largest absolute Gasteiger partial charge is 0.449 e. The van der Waals surface area contributed by atoms with Gasteiger partial charge in [0.1, 0.15) is 5.69 Å². The van der Waals surface area contributed by atoms with Crippen molar-refractivity contribution < 1.29 is 4.42 Å². The van der Waals surface area contributed by atoms with E-state index >= 15 is 0 Å². The zero-order valence-corrected chi connectivity index (χ0v) is 10.4. The van der Waals surface area contributed by atoms with Crippen molar-refractivity contribution in [3.05, 3.63) is 46.4 Å². The Morgan fingerprint density at radius 3 is 2.56 bits per heavy atom. The summed E-state index contributed by atoms with van der Waals surface area (Å²) in [5.41, 5.74) is 2.54. The van der Waals surface area contributed by atoms with E-state index in [4.69, 9.17) is 4.42 Å². The minimum absolute atomic E-state index is 0.752. The molecule has 78 valence electrons. The van der Waals surface area contributed by atoms with E-state index in [1.165, 1.54) is 0 Å². The standard InChI is InChI=1S/C12H7IN2O/c13-12-6-5-11(16-12)10-7-14-8-3-1-2-4-9(8)15-10/h1-7H. The van der Waals surface area contributed by atoms with E-state index in [-0.39, 0.29) is 0 Å². The predicted octanol–water partition coefficient (Wildman–Crippen LogP) is 3.49. The number of benzene rings is 1. The van der Waals surface area contributed by atoms with E-state index in [1.54, 1.807) is 6.20 Å². The van der Waals surface area contributed by atoms with Gasteiger partial charge in [-0.15, -0.1) is 0 Å². The Morgan fingerprint density at radius 1 is 1.00 bits per heavy atom. The third kappa shape index (κ3) is 1.69. The smallest absolute Gasteiger partial charge is 0.164 e. The normalized spacial score (nSPS) is 10.8. The summed E-state index contributed by atoms with van der Waals surface area (Å²) in [4.78, 5) is 8.84. The molecule has 2 heterocycles. The summed E-state index contributed by atoms with van der Waals surface area (Å²) in [6.45, 7) is 0. The highest BCUT2D eigenvalue weighted by Gasteiger charge is 2.06. The van der Waals surface area contributed by atoms with Gasteiger partial charge < -0.3 is 4.42 Å². The van der Waals surface area contributed by atoms with Crippen molar-refractivity contribution in [2.24, 2.45) is 0 Å². The van der Waals surface area contributed by atoms with Crippen LogP contribution in [0.15, 0.2) is 47.0 Å². The van der Waals surface area contributed by atoms with Gasteiger partial charge in [0.15, 0.2) is 9.53 Å². The van der Waals surface area contributed by atoms with Crippen LogP contribution in [0.3, 0.4) is 0 Å². The maximum Gasteiger partial charge on any atom is 0.164 e. The van der Waals surface area contributed by atoms with Crippen molar-refractivity contribution in [1.82, 2.24) is 9.97 Å². The third-order valence-electron chi connectivity index (χ3n) is 2.27. The molecule has 0 N–H and O–H groups in total. The minimum Gasteiger partial charge on any atom is -0.449 e. The Morgan fingerprint density at radius 2 is 1.81 bits per heavy atom. The first kappa shape index (κ1) is 9.77. The molecule has 3 rings (SSSR count). The molecule has 0 amide bonds. The predicted molar refractivity (Wildman–Crippen MR) is 70.0 cm³/mol. The van der Waals surface area contributed by atoms with Crippen LogP contribution in [0.4, 0.5) is 0 Å². The number of furan rings is 1. The lowest BCUT2D eigenvalue weighted by atomic mass is 10.3. The van der Waals surface area contributed by atoms with Crippen molar-refractivity contribution in [2.45, 2.75) is 0 Å². The average Bonchev–Trinajstić information content (AvgIpc) is 2.75. The summed E-state index contributed by atoms with van der Waals surface area (Å²) in [5, 5.41) is 0. The number of halogens is 1. The van der Waals surface area contributed by atoms with Gasteiger partial charge in [-0.25, -0.2) is 4.98 Å². The summed E-state index contributed by atoms with van der Waals surface area (Å²) in [7, 11) is 0. The van der Waals surface area contributed by atoms with Crippen molar-refractivity contribution in [3.8, 4) is 11.5 Å². The molecule has 0 fully saturated rings. The maximum absolute atomic E-state index is 5.50. The second-order valence-corrected chi connectivity index (χ2v) is 4.41. The Bertz CT molecular complexity index is 648. The first-order valence-corrected chi connectivity index (χ1v) is 5.88. The highest BCUT2D eigenvalue weighted by atomic mass is 127. The van der Waals surface area contributed by atoms with Gasteiger partial charge in [0.2, 0.25) is 0 Å². The molecular formula is C12H7IN2O. The van der Waals surface area contributed by atoms with Crippen LogP contribution in [0.2, 0.25) is 0 Å². The number of para-hydroxylation sites is 2. The number of nitrogens with zero attached hydrogens (tertiary/aromatic N) is 2. The highest BCUT2D eigenvalue weighted by Crippen LogP contribution is 2.22. The SMILES string of the molecule is Ic1ccc(-c2cnc3ccccc3n2)o1. The number of fused-ring (bicyclic) bond motifs is 1. The molecule has 1 aromatic carbocycles. The van der Waals surface area contributed by atoms with Crippen molar-refractivity contribution in [2.75, 3.05) is 0 Å². The molecule has 0 aliphatic heterocycles. The van der Waals surface area contributed by atoms with Crippen LogP contribution < -0.4 is 0 Å². The molecule has 2 aromatic heterocycles. The molecule has 0 aliphatic rings. The topological polar surface area (TPSA) is 38.9 Å². The Labute approximate surface area is 106 Å². The van der Waals surface area contributed by atoms with E-state index in [0.29, 0.717) is 0 Å². The third-order valence-corrected chi connectivity index (χ3v) is 2.85. The van der Waals surface area contributed by atoms with Crippen LogP contribution in [0.1, 0.15) is 0 Å². The zero-order valence-electron chi connectivity index (χ0n) is 8.22. The molecular weight excluding hydrogens is 315 g/mol. The number of rotatable bonds is 1. The summed E-state index contributed by atoms with van der Waals surface area (Å²) >= 11 is 2.13. The van der Waals surface area contributed by atoms with Gasteiger partial charge in [0, 0.05) is 0 Å². The van der Waals surface area contributed by atoms with Crippen LogP contribution in [-0.4, -0.2) is 9.97 Å². The number of aromatic nitrogens is 2. The molecule has 0 radical (unpaired) electrons. The summed E-state index contributed by atoms with van der Waals surface area (Å²) in [6.07, 6.45) is 1.73. The van der Waals surface area contributed by atoms with Crippen LogP contribution in [-0.2, 0) is 0 Å². The molecule has 0 saturated carbocycles. The van der Waals surface area contributed by atoms with Gasteiger partial charge in [0.05, 0.1) is 17.2 Å². The molecule has 0 unspecified atom stereocenters. The molecule has 16 heavy (non-hydrogen) atoms. The van der Waals surface area contributed by atoms with E-state index < -0.39 is 0 Å². The number of hydrogen-bond acceptors (Lipinski definition) is 3. The van der Waals surface area contributed by atoms with Gasteiger partial charge in [0.25, 0.3) is 0 Å². The Kier molecular flexibility index (Phi) is 2.36. The second kappa shape index (κ2) is 3.86. The van der Waals surface area contributed by atoms with Crippen molar-refractivity contribution in [3.63, 3.8) is 0 Å². The lowest BCUT2D eigenvalue weighted by Gasteiger charge is -1.98. The average molecular weight is 322 g/mol. The molecule has 4 heteroatoms. The van der Waals surface area contributed by atoms with Crippen LogP contribution in [0, 0.1) is 3.77 Å². The molecule has 0 bridgehead atoms. The maximum atomic E-state index is 5.50. The molecule has 0 spiro atoms. The van der Waals surface area contributed by atoms with E-state index in [2.05, 4.69) is 32.6 Å². The summed E-state index contributed by atoms with van der Waals surface area (Å²) < 4.78 is 6.35. The van der Waals surface area contributed by atoms with Crippen molar-refractivity contribution >= 4 is 33.6 Å². The van der Waals surface area contributed by atoms with E-state index in [1.807, 2.05) is 36.4 Å². The van der Waals surface area contributed by atoms with Crippen LogP contribution >= 0.6 is 22.6 Å². The molecule has 3 nitrogen and oxygen atoms in total. The lowest BCUT2D eigenvalue weighted by molar-refractivity contribution is 0.550. The van der Waals surface area contributed by atoms with Gasteiger partial charge in [-0.05, 0) is 46.9 Å². The zero-order chi connectivity index (χ0) is 11.0. The fourth-order valence-electron chi connectivity index (χ4n) is 1.53. The highest BCUT2D eigenvalue weighted by molar-refractivity contribution is 14.1. The van der Waals surface area contributed by atoms with Gasteiger partial charge in [-0.1, -0.05) is 12.1 Å². The van der Waals surface area contributed by atoms with Gasteiger partial charge in [-0.3, -0.25) is 4.98 Å². The lowest BCUT2D eigenvalue weighted by Crippen LogP contribution is -1.86. The Balaban J connectivity index is 2.18. The quantitative estimate of drug-likeness (QED) is 0.644. The first-order chi connectivity index (χ1) is 7.83. The van der Waals surface area contributed by atoms with Crippen LogP contribution in [0.25, 0.3) is 22.5 Å². The van der Waals surface area contributed by atoms with Crippen LogP contribution in [0.5, 0.6) is 0 Å². The van der Waals surface area contributed by atoms with E-state index in [0.717, 1.165) is 26.3 Å². The fraction of sp³-hybridized carbons (Fsp3) is 0. The van der Waals surface area contributed by atoms with E-state index in [9.17, 15) is 0 Å². The molecule has 3 aromatic rings. The molecule has 0 saturated heterocycles. The van der Waals surface area contributed by atoms with Gasteiger partial charge >= 0.3 is 0 Å². The minimum atomic E-state index is 0.752.